The number of halogens is 1. The van der Waals surface area contributed by atoms with Crippen molar-refractivity contribution in [1.29, 1.82) is 5.26 Å². The van der Waals surface area contributed by atoms with Crippen LogP contribution in [0.4, 0.5) is 0 Å². The molecule has 1 N–H and O–H groups in total. The van der Waals surface area contributed by atoms with Gasteiger partial charge in [0.1, 0.15) is 0 Å². The predicted molar refractivity (Wildman–Crippen MR) is 93.6 cm³/mol. The lowest BCUT2D eigenvalue weighted by Crippen LogP contribution is -2.24. The van der Waals surface area contributed by atoms with Crippen LogP contribution < -0.4 is 11.2 Å². The zero-order valence-electron chi connectivity index (χ0n) is 12.3. The highest BCUT2D eigenvalue weighted by atomic mass is 35.5. The molecule has 0 atom stereocenters. The number of hydrogen-bond donors (Lipinski definition) is 1. The maximum absolute atomic E-state index is 12.4. The van der Waals surface area contributed by atoms with Crippen molar-refractivity contribution in [3.05, 3.63) is 69.5 Å². The average Bonchev–Trinajstić information content (AvgIpc) is 2.58. The molecule has 3 aromatic rings. The van der Waals surface area contributed by atoms with Crippen LogP contribution in [0.5, 0.6) is 0 Å². The smallest absolute Gasteiger partial charge is 0.267 e. The molecule has 1 aromatic heterocycles. The van der Waals surface area contributed by atoms with E-state index in [-0.39, 0.29) is 5.56 Å². The van der Waals surface area contributed by atoms with Crippen LogP contribution in [0.2, 0.25) is 5.02 Å². The number of aromatic nitrogens is 2. The maximum Gasteiger partial charge on any atom is 0.272 e. The Balaban J connectivity index is 2.27. The first-order valence-electron chi connectivity index (χ1n) is 6.96. The van der Waals surface area contributed by atoms with Crippen molar-refractivity contribution < 1.29 is 0 Å². The molecule has 4 nitrogen and oxygen atoms in total. The van der Waals surface area contributed by atoms with Crippen LogP contribution in [-0.2, 0) is 0 Å². The molecule has 6 heteroatoms. The van der Waals surface area contributed by atoms with Crippen LogP contribution in [0.3, 0.4) is 0 Å². The Labute approximate surface area is 138 Å². The monoisotopic (exact) mass is 319 g/mol. The Bertz CT molecular complexity index is 957. The molecule has 110 valence electrons. The van der Waals surface area contributed by atoms with Gasteiger partial charge in [0.25, 0.3) is 5.56 Å². The van der Waals surface area contributed by atoms with Crippen LogP contribution in [0.25, 0.3) is 22.3 Å². The van der Waals surface area contributed by atoms with Gasteiger partial charge in [0, 0.05) is 16.2 Å². The summed E-state index contributed by atoms with van der Waals surface area (Å²) in [5.41, 5.74) is 3.88. The molecule has 0 bridgehead atoms. The molecular formula is C17H11BClN3O. The first-order chi connectivity index (χ1) is 11.1. The molecule has 0 radical (unpaired) electrons. The Morgan fingerprint density at radius 3 is 2.17 bits per heavy atom. The van der Waals surface area contributed by atoms with E-state index in [1.165, 1.54) is 0 Å². The summed E-state index contributed by atoms with van der Waals surface area (Å²) in [6, 6.07) is 16.3. The van der Waals surface area contributed by atoms with Crippen molar-refractivity contribution in [2.24, 2.45) is 0 Å². The first-order valence-corrected chi connectivity index (χ1v) is 7.33. The minimum absolute atomic E-state index is 0.273. The Morgan fingerprint density at radius 2 is 1.57 bits per heavy atom. The van der Waals surface area contributed by atoms with Crippen LogP contribution in [0, 0.1) is 11.3 Å². The Kier molecular flexibility index (Phi) is 4.01. The van der Waals surface area contributed by atoms with E-state index in [1.807, 2.05) is 20.0 Å². The molecule has 0 fully saturated rings. The summed E-state index contributed by atoms with van der Waals surface area (Å²) in [6.07, 6.45) is 0. The van der Waals surface area contributed by atoms with Gasteiger partial charge in [-0.15, -0.1) is 0 Å². The highest BCUT2D eigenvalue weighted by Gasteiger charge is 2.15. The summed E-state index contributed by atoms with van der Waals surface area (Å²) in [7, 11) is 1.84. The topological polar surface area (TPSA) is 69.5 Å². The number of benzene rings is 2. The zero-order chi connectivity index (χ0) is 16.4. The minimum Gasteiger partial charge on any atom is -0.267 e. The fourth-order valence-corrected chi connectivity index (χ4v) is 2.62. The van der Waals surface area contributed by atoms with Gasteiger partial charge in [-0.1, -0.05) is 35.9 Å². The van der Waals surface area contributed by atoms with Gasteiger partial charge in [-0.25, -0.2) is 5.10 Å². The second kappa shape index (κ2) is 6.11. The van der Waals surface area contributed by atoms with E-state index in [4.69, 9.17) is 16.9 Å². The Morgan fingerprint density at radius 1 is 1.00 bits per heavy atom. The summed E-state index contributed by atoms with van der Waals surface area (Å²) >= 11 is 5.95. The molecule has 0 aliphatic carbocycles. The van der Waals surface area contributed by atoms with Gasteiger partial charge in [0.05, 0.1) is 17.2 Å². The van der Waals surface area contributed by atoms with Gasteiger partial charge in [0.15, 0.2) is 7.85 Å². The summed E-state index contributed by atoms with van der Waals surface area (Å²) in [5, 5.41) is 16.1. The fourth-order valence-electron chi connectivity index (χ4n) is 2.50. The second-order valence-electron chi connectivity index (χ2n) is 5.08. The zero-order valence-corrected chi connectivity index (χ0v) is 13.1. The lowest BCUT2D eigenvalue weighted by molar-refractivity contribution is 1.02. The molecule has 23 heavy (non-hydrogen) atoms. The summed E-state index contributed by atoms with van der Waals surface area (Å²) in [5.74, 6) is 0. The SMILES string of the molecule is Bc1n[nH]c(=O)c(-c2ccc(C#N)cc2)c1-c1ccc(Cl)cc1. The quantitative estimate of drug-likeness (QED) is 0.733. The molecule has 0 saturated carbocycles. The largest absolute Gasteiger partial charge is 0.272 e. The maximum atomic E-state index is 12.4. The van der Waals surface area contributed by atoms with E-state index in [0.717, 1.165) is 16.7 Å². The number of aromatic amines is 1. The fraction of sp³-hybridized carbons (Fsp3) is 0. The van der Waals surface area contributed by atoms with Crippen molar-refractivity contribution in [3.63, 3.8) is 0 Å². The third-order valence-electron chi connectivity index (χ3n) is 3.60. The molecule has 0 unspecified atom stereocenters. The number of nitrogens with zero attached hydrogens (tertiary/aromatic N) is 2. The van der Waals surface area contributed by atoms with Gasteiger partial charge in [-0.3, -0.25) is 4.79 Å². The third kappa shape index (κ3) is 2.89. The number of rotatable bonds is 2. The van der Waals surface area contributed by atoms with E-state index in [1.54, 1.807) is 36.4 Å². The van der Waals surface area contributed by atoms with Crippen LogP contribution in [-0.4, -0.2) is 18.0 Å². The molecule has 2 aromatic carbocycles. The highest BCUT2D eigenvalue weighted by Crippen LogP contribution is 2.28. The lowest BCUT2D eigenvalue weighted by atomic mass is 9.87. The molecule has 0 amide bonds. The van der Waals surface area contributed by atoms with Crippen molar-refractivity contribution in [2.75, 3.05) is 0 Å². The molecular weight excluding hydrogens is 308 g/mol. The van der Waals surface area contributed by atoms with Gasteiger partial charge in [-0.2, -0.15) is 10.4 Å². The van der Waals surface area contributed by atoms with Crippen molar-refractivity contribution in [1.82, 2.24) is 10.2 Å². The van der Waals surface area contributed by atoms with E-state index in [9.17, 15) is 4.79 Å². The average molecular weight is 320 g/mol. The minimum atomic E-state index is -0.273. The molecule has 0 aliphatic rings. The van der Waals surface area contributed by atoms with E-state index in [2.05, 4.69) is 16.3 Å². The van der Waals surface area contributed by atoms with E-state index in [0.29, 0.717) is 21.7 Å². The van der Waals surface area contributed by atoms with Crippen LogP contribution >= 0.6 is 11.6 Å². The van der Waals surface area contributed by atoms with Crippen LogP contribution in [0.1, 0.15) is 5.56 Å². The number of nitrogens with one attached hydrogen (secondary N) is 1. The summed E-state index contributed by atoms with van der Waals surface area (Å²) in [4.78, 5) is 12.4. The van der Waals surface area contributed by atoms with E-state index >= 15 is 0 Å². The molecule has 1 heterocycles. The molecule has 3 rings (SSSR count). The predicted octanol–water partition coefficient (Wildman–Crippen LogP) is 1.89. The second-order valence-corrected chi connectivity index (χ2v) is 5.52. The first kappa shape index (κ1) is 15.1. The lowest BCUT2D eigenvalue weighted by Gasteiger charge is -2.12. The van der Waals surface area contributed by atoms with Crippen molar-refractivity contribution in [3.8, 4) is 28.3 Å². The summed E-state index contributed by atoms with van der Waals surface area (Å²) < 4.78 is 0. The van der Waals surface area contributed by atoms with Gasteiger partial charge >= 0.3 is 0 Å². The van der Waals surface area contributed by atoms with Gasteiger partial charge < -0.3 is 0 Å². The standard InChI is InChI=1S/C17H11BClN3O/c18-16-14(11-5-7-13(19)8-6-11)15(17(23)22-21-16)12-3-1-10(9-20)2-4-12/h1-8H,18H2,(H,22,23). The third-order valence-corrected chi connectivity index (χ3v) is 3.85. The highest BCUT2D eigenvalue weighted by molar-refractivity contribution is 6.35. The van der Waals surface area contributed by atoms with Gasteiger partial charge in [-0.05, 0) is 35.4 Å². The van der Waals surface area contributed by atoms with Crippen molar-refractivity contribution >= 4 is 25.0 Å². The Hall–Kier alpha value is -2.84. The van der Waals surface area contributed by atoms with Crippen molar-refractivity contribution in [2.45, 2.75) is 0 Å². The van der Waals surface area contributed by atoms with E-state index < -0.39 is 0 Å². The molecule has 0 spiro atoms. The van der Waals surface area contributed by atoms with Crippen LogP contribution in [0.15, 0.2) is 53.3 Å². The number of H-pyrrole nitrogens is 1. The summed E-state index contributed by atoms with van der Waals surface area (Å²) in [6.45, 7) is 0. The number of hydrogen-bond acceptors (Lipinski definition) is 3. The van der Waals surface area contributed by atoms with Gasteiger partial charge in [0.2, 0.25) is 0 Å². The molecule has 0 aliphatic heterocycles. The normalized spacial score (nSPS) is 10.3. The number of nitriles is 1. The molecule has 0 saturated heterocycles.